The molecule has 2 atom stereocenters. The van der Waals surface area contributed by atoms with Crippen molar-refractivity contribution in [2.75, 3.05) is 7.05 Å². The van der Waals surface area contributed by atoms with Crippen LogP contribution < -0.4 is 5.32 Å². The van der Waals surface area contributed by atoms with Gasteiger partial charge in [-0.15, -0.1) is 0 Å². The van der Waals surface area contributed by atoms with Crippen molar-refractivity contribution in [3.8, 4) is 0 Å². The Morgan fingerprint density at radius 3 is 1.96 bits per heavy atom. The summed E-state index contributed by atoms with van der Waals surface area (Å²) in [7, 11) is 1.66. The lowest BCUT2D eigenvalue weighted by Crippen LogP contribution is -2.43. The van der Waals surface area contributed by atoms with Gasteiger partial charge in [-0.05, 0) is 24.5 Å². The molecule has 0 aromatic heterocycles. The van der Waals surface area contributed by atoms with Crippen LogP contribution in [-0.4, -0.2) is 23.8 Å². The summed E-state index contributed by atoms with van der Waals surface area (Å²) in [6, 6.07) is 19.0. The smallest absolute Gasteiger partial charge is 0.312 e. The van der Waals surface area contributed by atoms with Crippen LogP contribution >= 0.6 is 0 Å². The summed E-state index contributed by atoms with van der Waals surface area (Å²) in [6.07, 6.45) is 0.723. The van der Waals surface area contributed by atoms with Gasteiger partial charge < -0.3 is 10.2 Å². The molecule has 2 amide bonds. The summed E-state index contributed by atoms with van der Waals surface area (Å²) in [5.74, 6) is -1.10. The highest BCUT2D eigenvalue weighted by Gasteiger charge is 2.25. The van der Waals surface area contributed by atoms with Gasteiger partial charge in [0.05, 0.1) is 12.1 Å². The molecule has 2 rings (SSSR count). The van der Waals surface area contributed by atoms with E-state index < -0.39 is 11.8 Å². The first-order valence-electron chi connectivity index (χ1n) is 8.22. The third-order valence-electron chi connectivity index (χ3n) is 4.29. The number of amides is 2. The minimum Gasteiger partial charge on any atom is -0.341 e. The van der Waals surface area contributed by atoms with Crippen molar-refractivity contribution >= 4 is 11.8 Å². The zero-order chi connectivity index (χ0) is 17.5. The van der Waals surface area contributed by atoms with Crippen LogP contribution in [0, 0.1) is 0 Å². The number of hydrogen-bond acceptors (Lipinski definition) is 2. The molecule has 0 heterocycles. The van der Waals surface area contributed by atoms with E-state index >= 15 is 0 Å². The fourth-order valence-electron chi connectivity index (χ4n) is 2.62. The number of rotatable bonds is 5. The maximum absolute atomic E-state index is 12.5. The van der Waals surface area contributed by atoms with Gasteiger partial charge in [0.2, 0.25) is 0 Å². The van der Waals surface area contributed by atoms with Crippen molar-refractivity contribution in [3.05, 3.63) is 71.8 Å². The fourth-order valence-corrected chi connectivity index (χ4v) is 2.62. The molecule has 0 aliphatic carbocycles. The van der Waals surface area contributed by atoms with E-state index in [9.17, 15) is 9.59 Å². The van der Waals surface area contributed by atoms with Gasteiger partial charge in [0.1, 0.15) is 0 Å². The number of carbonyl (C=O) groups is 2. The average molecular weight is 324 g/mol. The van der Waals surface area contributed by atoms with Gasteiger partial charge in [-0.3, -0.25) is 9.59 Å². The summed E-state index contributed by atoms with van der Waals surface area (Å²) >= 11 is 0. The van der Waals surface area contributed by atoms with Crippen LogP contribution in [0.3, 0.4) is 0 Å². The number of likely N-dealkylation sites (N-methyl/N-ethyl adjacent to an activating group) is 1. The fraction of sp³-hybridized carbons (Fsp3) is 0.300. The van der Waals surface area contributed by atoms with E-state index in [-0.39, 0.29) is 12.1 Å². The van der Waals surface area contributed by atoms with E-state index in [1.807, 2.05) is 74.5 Å². The third-order valence-corrected chi connectivity index (χ3v) is 4.29. The molecule has 2 aromatic carbocycles. The molecule has 0 radical (unpaired) electrons. The van der Waals surface area contributed by atoms with Crippen molar-refractivity contribution in [3.63, 3.8) is 0 Å². The standard InChI is InChI=1S/C20H24N2O2/c1-4-18(17-13-9-6-10-14-17)21-19(23)20(24)22(3)15(2)16-11-7-5-8-12-16/h5-15,18H,4H2,1-3H3,(H,21,23)/t15-,18+/m1/s1. The molecule has 0 aliphatic rings. The molecule has 0 spiro atoms. The predicted octanol–water partition coefficient (Wildman–Crippen LogP) is 3.47. The maximum atomic E-state index is 12.5. The monoisotopic (exact) mass is 324 g/mol. The molecule has 0 saturated heterocycles. The zero-order valence-corrected chi connectivity index (χ0v) is 14.4. The Hall–Kier alpha value is -2.62. The minimum atomic E-state index is -0.573. The first-order valence-corrected chi connectivity index (χ1v) is 8.22. The molecule has 0 saturated carbocycles. The van der Waals surface area contributed by atoms with Gasteiger partial charge in [-0.1, -0.05) is 67.6 Å². The molecule has 0 fully saturated rings. The van der Waals surface area contributed by atoms with Crippen molar-refractivity contribution in [1.82, 2.24) is 10.2 Å². The van der Waals surface area contributed by atoms with Crippen molar-refractivity contribution in [1.29, 1.82) is 0 Å². The summed E-state index contributed by atoms with van der Waals surface area (Å²) < 4.78 is 0. The topological polar surface area (TPSA) is 49.4 Å². The van der Waals surface area contributed by atoms with Gasteiger partial charge in [-0.25, -0.2) is 0 Å². The Bertz CT molecular complexity index is 671. The Kier molecular flexibility index (Phi) is 6.13. The second-order valence-corrected chi connectivity index (χ2v) is 5.85. The van der Waals surface area contributed by atoms with Crippen LogP contribution in [0.5, 0.6) is 0 Å². The highest BCUT2D eigenvalue weighted by atomic mass is 16.2. The van der Waals surface area contributed by atoms with Crippen LogP contribution in [-0.2, 0) is 9.59 Å². The van der Waals surface area contributed by atoms with Gasteiger partial charge >= 0.3 is 11.8 Å². The number of carbonyl (C=O) groups excluding carboxylic acids is 2. The average Bonchev–Trinajstić information content (AvgIpc) is 2.65. The van der Waals surface area contributed by atoms with Gasteiger partial charge in [-0.2, -0.15) is 0 Å². The lowest BCUT2D eigenvalue weighted by atomic mass is 10.0. The molecule has 1 N–H and O–H groups in total. The van der Waals surface area contributed by atoms with Crippen LogP contribution in [0.15, 0.2) is 60.7 Å². The second-order valence-electron chi connectivity index (χ2n) is 5.85. The Morgan fingerprint density at radius 1 is 0.958 bits per heavy atom. The first kappa shape index (κ1) is 17.7. The number of benzene rings is 2. The number of hydrogen-bond donors (Lipinski definition) is 1. The van der Waals surface area contributed by atoms with Gasteiger partial charge in [0.15, 0.2) is 0 Å². The maximum Gasteiger partial charge on any atom is 0.312 e. The summed E-state index contributed by atoms with van der Waals surface area (Å²) in [5.41, 5.74) is 2.00. The Labute approximate surface area is 143 Å². The lowest BCUT2D eigenvalue weighted by molar-refractivity contribution is -0.146. The minimum absolute atomic E-state index is 0.164. The van der Waals surface area contributed by atoms with Crippen molar-refractivity contribution in [2.45, 2.75) is 32.4 Å². The van der Waals surface area contributed by atoms with E-state index in [1.54, 1.807) is 7.05 Å². The van der Waals surface area contributed by atoms with E-state index in [0.29, 0.717) is 0 Å². The number of nitrogens with zero attached hydrogens (tertiary/aromatic N) is 1. The molecule has 0 unspecified atom stereocenters. The van der Waals surface area contributed by atoms with Crippen LogP contribution in [0.4, 0.5) is 0 Å². The molecule has 4 heteroatoms. The van der Waals surface area contributed by atoms with E-state index in [2.05, 4.69) is 5.32 Å². The number of nitrogens with one attached hydrogen (secondary N) is 1. The first-order chi connectivity index (χ1) is 11.5. The van der Waals surface area contributed by atoms with Gasteiger partial charge in [0.25, 0.3) is 0 Å². The molecular weight excluding hydrogens is 300 g/mol. The summed E-state index contributed by atoms with van der Waals surface area (Å²) in [4.78, 5) is 26.3. The lowest BCUT2D eigenvalue weighted by Gasteiger charge is -2.26. The summed E-state index contributed by atoms with van der Waals surface area (Å²) in [6.45, 7) is 3.90. The van der Waals surface area contributed by atoms with Crippen LogP contribution in [0.1, 0.15) is 43.5 Å². The molecular formula is C20H24N2O2. The normalized spacial score (nSPS) is 13.0. The van der Waals surface area contributed by atoms with Crippen LogP contribution in [0.25, 0.3) is 0 Å². The Morgan fingerprint density at radius 2 is 1.46 bits per heavy atom. The largest absolute Gasteiger partial charge is 0.341 e. The molecule has 126 valence electrons. The highest BCUT2D eigenvalue weighted by molar-refractivity contribution is 6.35. The second kappa shape index (κ2) is 8.29. The van der Waals surface area contributed by atoms with Crippen molar-refractivity contribution < 1.29 is 9.59 Å². The summed E-state index contributed by atoms with van der Waals surface area (Å²) in [5, 5.41) is 2.84. The zero-order valence-electron chi connectivity index (χ0n) is 14.4. The van der Waals surface area contributed by atoms with Crippen LogP contribution in [0.2, 0.25) is 0 Å². The quantitative estimate of drug-likeness (QED) is 0.856. The SMILES string of the molecule is CC[C@H](NC(=O)C(=O)N(C)[C@H](C)c1ccccc1)c1ccccc1. The highest BCUT2D eigenvalue weighted by Crippen LogP contribution is 2.19. The third kappa shape index (κ3) is 4.22. The van der Waals surface area contributed by atoms with E-state index in [4.69, 9.17) is 0 Å². The van der Waals surface area contributed by atoms with E-state index in [0.717, 1.165) is 17.5 Å². The van der Waals surface area contributed by atoms with Crippen molar-refractivity contribution in [2.24, 2.45) is 0 Å². The Balaban J connectivity index is 2.04. The molecule has 0 bridgehead atoms. The van der Waals surface area contributed by atoms with Gasteiger partial charge in [0, 0.05) is 7.05 Å². The molecule has 0 aliphatic heterocycles. The molecule has 2 aromatic rings. The molecule has 4 nitrogen and oxygen atoms in total. The predicted molar refractivity (Wildman–Crippen MR) is 95.2 cm³/mol. The molecule has 24 heavy (non-hydrogen) atoms. The van der Waals surface area contributed by atoms with E-state index in [1.165, 1.54) is 4.90 Å².